The summed E-state index contributed by atoms with van der Waals surface area (Å²) in [7, 11) is 0. The van der Waals surface area contributed by atoms with Gasteiger partial charge in [0, 0.05) is 22.6 Å². The van der Waals surface area contributed by atoms with E-state index >= 15 is 0 Å². The Bertz CT molecular complexity index is 558. The van der Waals surface area contributed by atoms with Crippen molar-refractivity contribution in [2.75, 3.05) is 5.32 Å². The van der Waals surface area contributed by atoms with Crippen molar-refractivity contribution in [2.45, 2.75) is 12.7 Å². The summed E-state index contributed by atoms with van der Waals surface area (Å²) in [6.45, 7) is 0.312. The van der Waals surface area contributed by atoms with Crippen molar-refractivity contribution in [1.82, 2.24) is 9.97 Å². The molecule has 0 saturated carbocycles. The van der Waals surface area contributed by atoms with Gasteiger partial charge in [0.2, 0.25) is 0 Å². The molecule has 1 N–H and O–H groups in total. The Kier molecular flexibility index (Phi) is 4.04. The zero-order valence-corrected chi connectivity index (χ0v) is 11.2. The van der Waals surface area contributed by atoms with Gasteiger partial charge in [0.15, 0.2) is 0 Å². The van der Waals surface area contributed by atoms with E-state index < -0.39 is 11.7 Å². The molecular weight excluding hydrogens is 323 g/mol. The lowest BCUT2D eigenvalue weighted by molar-refractivity contribution is -0.138. The molecule has 0 spiro atoms. The van der Waals surface area contributed by atoms with Crippen LogP contribution < -0.4 is 5.32 Å². The molecule has 0 fully saturated rings. The summed E-state index contributed by atoms with van der Waals surface area (Å²) in [5, 5.41) is 2.88. The van der Waals surface area contributed by atoms with Gasteiger partial charge in [-0.05, 0) is 18.2 Å². The van der Waals surface area contributed by atoms with Gasteiger partial charge in [-0.3, -0.25) is 9.97 Å². The van der Waals surface area contributed by atoms with Crippen LogP contribution in [0.2, 0.25) is 0 Å². The molecule has 0 unspecified atom stereocenters. The van der Waals surface area contributed by atoms with Gasteiger partial charge in [0.1, 0.15) is 0 Å². The highest BCUT2D eigenvalue weighted by Crippen LogP contribution is 2.36. The fraction of sp³-hybridized carbons (Fsp3) is 0.167. The molecule has 0 amide bonds. The topological polar surface area (TPSA) is 37.8 Å². The lowest BCUT2D eigenvalue weighted by Crippen LogP contribution is -2.08. The van der Waals surface area contributed by atoms with Crippen LogP contribution in [0.5, 0.6) is 0 Å². The molecule has 0 bridgehead atoms. The normalized spacial score (nSPS) is 11.4. The van der Waals surface area contributed by atoms with Crippen molar-refractivity contribution in [3.05, 3.63) is 52.5 Å². The molecule has 1 heterocycles. The van der Waals surface area contributed by atoms with Gasteiger partial charge in [-0.15, -0.1) is 0 Å². The molecule has 0 atom stereocenters. The number of rotatable bonds is 3. The molecule has 19 heavy (non-hydrogen) atoms. The third kappa shape index (κ3) is 3.66. The Balaban J connectivity index is 2.14. The largest absolute Gasteiger partial charge is 0.417 e. The molecule has 1 aromatic heterocycles. The predicted molar refractivity (Wildman–Crippen MR) is 68.5 cm³/mol. The molecule has 0 aliphatic rings. The van der Waals surface area contributed by atoms with Crippen LogP contribution in [-0.4, -0.2) is 9.97 Å². The third-order valence-electron chi connectivity index (χ3n) is 2.36. The average Bonchev–Trinajstić information content (AvgIpc) is 2.37. The zero-order valence-electron chi connectivity index (χ0n) is 9.58. The van der Waals surface area contributed by atoms with Crippen LogP contribution in [0.3, 0.4) is 0 Å². The second-order valence-corrected chi connectivity index (χ2v) is 4.60. The monoisotopic (exact) mass is 331 g/mol. The zero-order chi connectivity index (χ0) is 13.9. The van der Waals surface area contributed by atoms with Crippen LogP contribution in [0, 0.1) is 0 Å². The van der Waals surface area contributed by atoms with Gasteiger partial charge in [-0.25, -0.2) is 0 Å². The summed E-state index contributed by atoms with van der Waals surface area (Å²) in [5.74, 6) is 0. The van der Waals surface area contributed by atoms with E-state index in [-0.39, 0.29) is 4.47 Å². The van der Waals surface area contributed by atoms with Crippen LogP contribution in [-0.2, 0) is 12.7 Å². The average molecular weight is 332 g/mol. The first-order chi connectivity index (χ1) is 8.97. The highest BCUT2D eigenvalue weighted by atomic mass is 79.9. The standard InChI is InChI=1S/C12H9BrF3N3/c13-11-2-1-8(5-10(11)12(14,15)16)19-7-9-6-17-3-4-18-9/h1-6,19H,7H2. The molecule has 7 heteroatoms. The molecular formula is C12H9BrF3N3. The van der Waals surface area contributed by atoms with E-state index in [1.807, 2.05) is 0 Å². The first-order valence-corrected chi connectivity index (χ1v) is 6.11. The SMILES string of the molecule is FC(F)(F)c1cc(NCc2cnccn2)ccc1Br. The maximum absolute atomic E-state index is 12.7. The molecule has 2 rings (SSSR count). The van der Waals surface area contributed by atoms with Gasteiger partial charge in [-0.2, -0.15) is 13.2 Å². The van der Waals surface area contributed by atoms with E-state index in [0.29, 0.717) is 17.9 Å². The Morgan fingerprint density at radius 1 is 1.21 bits per heavy atom. The molecule has 0 aliphatic heterocycles. The molecule has 1 aromatic carbocycles. The molecule has 100 valence electrons. The number of halogens is 4. The summed E-state index contributed by atoms with van der Waals surface area (Å²) in [6, 6.07) is 3.98. The molecule has 0 aliphatic carbocycles. The van der Waals surface area contributed by atoms with E-state index in [0.717, 1.165) is 6.07 Å². The predicted octanol–water partition coefficient (Wildman–Crippen LogP) is 3.87. The van der Waals surface area contributed by atoms with Crippen molar-refractivity contribution in [3.63, 3.8) is 0 Å². The minimum atomic E-state index is -4.39. The highest BCUT2D eigenvalue weighted by Gasteiger charge is 2.33. The second kappa shape index (κ2) is 5.56. The van der Waals surface area contributed by atoms with Gasteiger partial charge in [0.25, 0.3) is 0 Å². The minimum Gasteiger partial charge on any atom is -0.379 e. The number of hydrogen-bond donors (Lipinski definition) is 1. The number of anilines is 1. The summed E-state index contributed by atoms with van der Waals surface area (Å²) in [4.78, 5) is 7.90. The van der Waals surface area contributed by atoms with Crippen LogP contribution >= 0.6 is 15.9 Å². The van der Waals surface area contributed by atoms with E-state index in [2.05, 4.69) is 31.2 Å². The van der Waals surface area contributed by atoms with Crippen LogP contribution in [0.4, 0.5) is 18.9 Å². The van der Waals surface area contributed by atoms with E-state index in [1.165, 1.54) is 18.5 Å². The van der Waals surface area contributed by atoms with Gasteiger partial charge in [-0.1, -0.05) is 15.9 Å². The Morgan fingerprint density at radius 2 is 2.00 bits per heavy atom. The lowest BCUT2D eigenvalue weighted by atomic mass is 10.2. The number of alkyl halides is 3. The van der Waals surface area contributed by atoms with Gasteiger partial charge >= 0.3 is 6.18 Å². The van der Waals surface area contributed by atoms with E-state index in [9.17, 15) is 13.2 Å². The van der Waals surface area contributed by atoms with E-state index in [4.69, 9.17) is 0 Å². The lowest BCUT2D eigenvalue weighted by Gasteiger charge is -2.12. The van der Waals surface area contributed by atoms with Crippen molar-refractivity contribution in [3.8, 4) is 0 Å². The first-order valence-electron chi connectivity index (χ1n) is 5.32. The molecule has 0 saturated heterocycles. The molecule has 2 aromatic rings. The van der Waals surface area contributed by atoms with Crippen LogP contribution in [0.1, 0.15) is 11.3 Å². The minimum absolute atomic E-state index is 0.0186. The Labute approximate surface area is 116 Å². The number of aromatic nitrogens is 2. The maximum Gasteiger partial charge on any atom is 0.417 e. The summed E-state index contributed by atoms with van der Waals surface area (Å²) in [5.41, 5.74) is 0.316. The van der Waals surface area contributed by atoms with Crippen molar-refractivity contribution >= 4 is 21.6 Å². The highest BCUT2D eigenvalue weighted by molar-refractivity contribution is 9.10. The smallest absolute Gasteiger partial charge is 0.379 e. The van der Waals surface area contributed by atoms with Gasteiger partial charge in [0.05, 0.1) is 24.0 Å². The Morgan fingerprint density at radius 3 is 2.63 bits per heavy atom. The molecule has 0 radical (unpaired) electrons. The van der Waals surface area contributed by atoms with Crippen molar-refractivity contribution in [2.24, 2.45) is 0 Å². The quantitative estimate of drug-likeness (QED) is 0.927. The second-order valence-electron chi connectivity index (χ2n) is 3.74. The number of nitrogens with one attached hydrogen (secondary N) is 1. The summed E-state index contributed by atoms with van der Waals surface area (Å²) in [6.07, 6.45) is 0.226. The van der Waals surface area contributed by atoms with Crippen LogP contribution in [0.15, 0.2) is 41.3 Å². The van der Waals surface area contributed by atoms with Crippen molar-refractivity contribution in [1.29, 1.82) is 0 Å². The number of benzene rings is 1. The van der Waals surface area contributed by atoms with Crippen LogP contribution in [0.25, 0.3) is 0 Å². The number of hydrogen-bond acceptors (Lipinski definition) is 3. The molecule has 3 nitrogen and oxygen atoms in total. The number of nitrogens with zero attached hydrogens (tertiary/aromatic N) is 2. The maximum atomic E-state index is 12.7. The summed E-state index contributed by atoms with van der Waals surface area (Å²) < 4.78 is 38.2. The fourth-order valence-electron chi connectivity index (χ4n) is 1.47. The first kappa shape index (κ1) is 13.8. The fourth-order valence-corrected chi connectivity index (χ4v) is 1.94. The van der Waals surface area contributed by atoms with Gasteiger partial charge < -0.3 is 5.32 Å². The third-order valence-corrected chi connectivity index (χ3v) is 3.05. The van der Waals surface area contributed by atoms with Crippen molar-refractivity contribution < 1.29 is 13.2 Å². The van der Waals surface area contributed by atoms with E-state index in [1.54, 1.807) is 12.3 Å². The Hall–Kier alpha value is -1.63. The summed E-state index contributed by atoms with van der Waals surface area (Å²) >= 11 is 2.89.